The van der Waals surface area contributed by atoms with Gasteiger partial charge in [-0.2, -0.15) is 4.39 Å². The smallest absolute Gasteiger partial charge is 0.306 e. The average molecular weight is 320 g/mol. The number of carbonyl (C=O) groups excluding carboxylic acids is 1. The van der Waals surface area contributed by atoms with Crippen molar-refractivity contribution in [1.82, 2.24) is 0 Å². The van der Waals surface area contributed by atoms with E-state index in [2.05, 4.69) is 5.32 Å². The molecule has 0 aliphatic carbocycles. The van der Waals surface area contributed by atoms with Crippen molar-refractivity contribution >= 4 is 29.0 Å². The van der Waals surface area contributed by atoms with Crippen LogP contribution in [0.2, 0.25) is 0 Å². The number of carbonyl (C=O) groups is 1. The lowest BCUT2D eigenvalue weighted by Crippen LogP contribution is -2.22. The van der Waals surface area contributed by atoms with E-state index in [1.54, 1.807) is 6.92 Å². The number of nitro groups is 1. The molecule has 0 aliphatic rings. The second kappa shape index (κ2) is 7.04. The van der Waals surface area contributed by atoms with Crippen LogP contribution in [0.3, 0.4) is 0 Å². The summed E-state index contributed by atoms with van der Waals surface area (Å²) in [5, 5.41) is 12.8. The van der Waals surface area contributed by atoms with Crippen LogP contribution in [0.1, 0.15) is 6.92 Å². The molecule has 0 saturated heterocycles. The Morgan fingerprint density at radius 2 is 1.95 bits per heavy atom. The van der Waals surface area contributed by atoms with Crippen LogP contribution in [-0.2, 0) is 4.79 Å². The predicted molar refractivity (Wildman–Crippen MR) is 83.4 cm³/mol. The minimum absolute atomic E-state index is 0.193. The number of anilines is 1. The van der Waals surface area contributed by atoms with E-state index in [4.69, 9.17) is 0 Å². The fraction of sp³-hybridized carbons (Fsp3) is 0.133. The van der Waals surface area contributed by atoms with Crippen molar-refractivity contribution in [2.75, 3.05) is 5.32 Å². The lowest BCUT2D eigenvalue weighted by Gasteiger charge is -2.12. The molecule has 0 unspecified atom stereocenters. The van der Waals surface area contributed by atoms with Gasteiger partial charge in [0.1, 0.15) is 0 Å². The van der Waals surface area contributed by atoms with Gasteiger partial charge in [-0.3, -0.25) is 14.9 Å². The molecule has 0 spiro atoms. The number of hydrogen-bond donors (Lipinski definition) is 1. The number of benzene rings is 2. The Hall–Kier alpha value is -2.41. The summed E-state index contributed by atoms with van der Waals surface area (Å²) in [5.41, 5.74) is -0.472. The fourth-order valence-corrected chi connectivity index (χ4v) is 2.62. The first-order valence-corrected chi connectivity index (χ1v) is 7.32. The van der Waals surface area contributed by atoms with Gasteiger partial charge in [0.05, 0.1) is 10.2 Å². The van der Waals surface area contributed by atoms with Gasteiger partial charge in [-0.1, -0.05) is 18.2 Å². The molecular formula is C15H13FN2O3S. The van der Waals surface area contributed by atoms with E-state index in [9.17, 15) is 19.3 Å². The van der Waals surface area contributed by atoms with E-state index in [1.165, 1.54) is 17.8 Å². The van der Waals surface area contributed by atoms with Gasteiger partial charge in [0.15, 0.2) is 0 Å². The van der Waals surface area contributed by atoms with Gasteiger partial charge in [0.25, 0.3) is 0 Å². The van der Waals surface area contributed by atoms with Crippen LogP contribution >= 0.6 is 11.8 Å². The monoisotopic (exact) mass is 320 g/mol. The molecule has 0 radical (unpaired) electrons. The number of hydrogen-bond acceptors (Lipinski definition) is 4. The second-order valence-corrected chi connectivity index (χ2v) is 5.90. The van der Waals surface area contributed by atoms with E-state index >= 15 is 0 Å². The summed E-state index contributed by atoms with van der Waals surface area (Å²) >= 11 is 1.36. The molecule has 0 heterocycles. The van der Waals surface area contributed by atoms with Crippen LogP contribution in [0.25, 0.3) is 0 Å². The molecule has 114 valence electrons. The molecular weight excluding hydrogens is 307 g/mol. The summed E-state index contributed by atoms with van der Waals surface area (Å²) in [7, 11) is 0. The molecule has 1 atom stereocenters. The highest BCUT2D eigenvalue weighted by atomic mass is 32.2. The number of nitrogens with one attached hydrogen (secondary N) is 1. The number of halogens is 1. The molecule has 0 aromatic heterocycles. The van der Waals surface area contributed by atoms with Gasteiger partial charge in [-0.15, -0.1) is 11.8 Å². The molecule has 1 amide bonds. The van der Waals surface area contributed by atoms with Crippen LogP contribution in [0.5, 0.6) is 0 Å². The standard InChI is InChI=1S/C15H13FN2O3S/c1-10(22-12-5-3-2-4-6-12)15(19)17-11-7-8-13(16)14(9-11)18(20)21/h2-10H,1H3,(H,17,19)/t10-/m0/s1. The Labute approximate surface area is 130 Å². The fourth-order valence-electron chi connectivity index (χ4n) is 1.73. The summed E-state index contributed by atoms with van der Waals surface area (Å²) in [4.78, 5) is 22.9. The summed E-state index contributed by atoms with van der Waals surface area (Å²) in [6.45, 7) is 1.73. The number of thioether (sulfide) groups is 1. The van der Waals surface area contributed by atoms with Crippen LogP contribution in [0.4, 0.5) is 15.8 Å². The van der Waals surface area contributed by atoms with Crippen molar-refractivity contribution in [3.8, 4) is 0 Å². The van der Waals surface area contributed by atoms with Crippen LogP contribution < -0.4 is 5.32 Å². The van der Waals surface area contributed by atoms with Crippen molar-refractivity contribution in [1.29, 1.82) is 0 Å². The Morgan fingerprint density at radius 1 is 1.27 bits per heavy atom. The topological polar surface area (TPSA) is 72.2 Å². The minimum atomic E-state index is -0.935. The zero-order chi connectivity index (χ0) is 16.1. The number of nitrogens with zero attached hydrogens (tertiary/aromatic N) is 1. The van der Waals surface area contributed by atoms with Gasteiger partial charge >= 0.3 is 5.69 Å². The van der Waals surface area contributed by atoms with E-state index in [0.29, 0.717) is 0 Å². The van der Waals surface area contributed by atoms with E-state index in [1.807, 2.05) is 30.3 Å². The van der Waals surface area contributed by atoms with Crippen molar-refractivity contribution in [3.05, 3.63) is 64.5 Å². The molecule has 0 aliphatic heterocycles. The van der Waals surface area contributed by atoms with Gasteiger partial charge in [0, 0.05) is 16.6 Å². The third-order valence-corrected chi connectivity index (χ3v) is 3.95. The molecule has 0 fully saturated rings. The Bertz CT molecular complexity index is 694. The third kappa shape index (κ3) is 4.05. The molecule has 1 N–H and O–H groups in total. The first-order valence-electron chi connectivity index (χ1n) is 6.44. The van der Waals surface area contributed by atoms with E-state index < -0.39 is 21.7 Å². The molecule has 22 heavy (non-hydrogen) atoms. The van der Waals surface area contributed by atoms with Crippen molar-refractivity contribution in [3.63, 3.8) is 0 Å². The van der Waals surface area contributed by atoms with E-state index in [0.717, 1.165) is 17.0 Å². The normalized spacial score (nSPS) is 11.7. The zero-order valence-corrected chi connectivity index (χ0v) is 12.5. The van der Waals surface area contributed by atoms with Crippen LogP contribution in [0, 0.1) is 15.9 Å². The molecule has 0 bridgehead atoms. The quantitative estimate of drug-likeness (QED) is 0.516. The lowest BCUT2D eigenvalue weighted by molar-refractivity contribution is -0.387. The summed E-state index contributed by atoms with van der Waals surface area (Å²) in [6.07, 6.45) is 0. The van der Waals surface area contributed by atoms with Crippen molar-refractivity contribution in [2.45, 2.75) is 17.1 Å². The largest absolute Gasteiger partial charge is 0.325 e. The number of nitro benzene ring substituents is 1. The Morgan fingerprint density at radius 3 is 2.59 bits per heavy atom. The highest BCUT2D eigenvalue weighted by Gasteiger charge is 2.18. The first-order chi connectivity index (χ1) is 10.5. The maximum atomic E-state index is 13.2. The van der Waals surface area contributed by atoms with Gasteiger partial charge < -0.3 is 5.32 Å². The predicted octanol–water partition coefficient (Wildman–Crippen LogP) is 3.85. The second-order valence-electron chi connectivity index (χ2n) is 4.49. The maximum absolute atomic E-state index is 13.2. The lowest BCUT2D eigenvalue weighted by atomic mass is 10.2. The zero-order valence-electron chi connectivity index (χ0n) is 11.7. The first kappa shape index (κ1) is 16.0. The van der Waals surface area contributed by atoms with E-state index in [-0.39, 0.29) is 11.6 Å². The highest BCUT2D eigenvalue weighted by Crippen LogP contribution is 2.25. The highest BCUT2D eigenvalue weighted by molar-refractivity contribution is 8.00. The molecule has 0 saturated carbocycles. The van der Waals surface area contributed by atoms with Gasteiger partial charge in [-0.25, -0.2) is 0 Å². The summed E-state index contributed by atoms with van der Waals surface area (Å²) in [5.74, 6) is -1.25. The SMILES string of the molecule is C[C@H](Sc1ccccc1)C(=O)Nc1ccc(F)c([N+](=O)[O-])c1. The van der Waals surface area contributed by atoms with Crippen LogP contribution in [0.15, 0.2) is 53.4 Å². The Balaban J connectivity index is 2.05. The van der Waals surface area contributed by atoms with Gasteiger partial charge in [-0.05, 0) is 31.2 Å². The summed E-state index contributed by atoms with van der Waals surface area (Å²) in [6, 6.07) is 12.7. The molecule has 5 nitrogen and oxygen atoms in total. The Kier molecular flexibility index (Phi) is 5.11. The minimum Gasteiger partial charge on any atom is -0.325 e. The average Bonchev–Trinajstić information content (AvgIpc) is 2.49. The summed E-state index contributed by atoms with van der Waals surface area (Å²) < 4.78 is 13.2. The maximum Gasteiger partial charge on any atom is 0.306 e. The molecule has 2 aromatic rings. The third-order valence-electron chi connectivity index (χ3n) is 2.84. The van der Waals surface area contributed by atoms with Crippen molar-refractivity contribution < 1.29 is 14.1 Å². The van der Waals surface area contributed by atoms with Gasteiger partial charge in [0.2, 0.25) is 11.7 Å². The van der Waals surface area contributed by atoms with Crippen molar-refractivity contribution in [2.24, 2.45) is 0 Å². The molecule has 7 heteroatoms. The van der Waals surface area contributed by atoms with Crippen LogP contribution in [-0.4, -0.2) is 16.1 Å². The number of rotatable bonds is 5. The molecule has 2 aromatic carbocycles. The molecule has 2 rings (SSSR count). The number of amides is 1.